The monoisotopic (exact) mass is 322 g/mol. The SMILES string of the molecule is CC1(C)CC(Oc2ccc(S(=O)[O-])nn2)CC(C)(C)O1.[Na+]. The van der Waals surface area contributed by atoms with Crippen molar-refractivity contribution in [1.82, 2.24) is 10.2 Å². The first-order valence-electron chi connectivity index (χ1n) is 6.47. The molecule has 1 fully saturated rings. The normalized spacial score (nSPS) is 22.1. The maximum Gasteiger partial charge on any atom is 1.00 e. The molecular formula is C13H19N2NaO4S. The molecule has 0 amide bonds. The summed E-state index contributed by atoms with van der Waals surface area (Å²) in [5.74, 6) is 0.331. The maximum atomic E-state index is 10.7. The Morgan fingerprint density at radius 1 is 1.24 bits per heavy atom. The van der Waals surface area contributed by atoms with Gasteiger partial charge in [0, 0.05) is 18.9 Å². The summed E-state index contributed by atoms with van der Waals surface area (Å²) in [5.41, 5.74) is -0.535. The van der Waals surface area contributed by atoms with E-state index in [9.17, 15) is 8.76 Å². The van der Waals surface area contributed by atoms with Crippen LogP contribution in [0.3, 0.4) is 0 Å². The van der Waals surface area contributed by atoms with E-state index in [-0.39, 0.29) is 51.9 Å². The van der Waals surface area contributed by atoms with E-state index >= 15 is 0 Å². The fraction of sp³-hybridized carbons (Fsp3) is 0.692. The van der Waals surface area contributed by atoms with Gasteiger partial charge in [-0.1, -0.05) is 0 Å². The van der Waals surface area contributed by atoms with E-state index < -0.39 is 11.1 Å². The number of ether oxygens (including phenoxy) is 2. The average Bonchev–Trinajstić information content (AvgIpc) is 2.25. The van der Waals surface area contributed by atoms with Crippen molar-refractivity contribution in [2.75, 3.05) is 0 Å². The molecule has 1 saturated heterocycles. The van der Waals surface area contributed by atoms with E-state index in [4.69, 9.17) is 9.47 Å². The van der Waals surface area contributed by atoms with Crippen LogP contribution < -0.4 is 34.3 Å². The average molecular weight is 322 g/mol. The van der Waals surface area contributed by atoms with Gasteiger partial charge in [-0.05, 0) is 44.8 Å². The third kappa shape index (κ3) is 5.58. The second kappa shape index (κ2) is 7.02. The molecule has 1 aliphatic rings. The predicted octanol–water partition coefficient (Wildman–Crippen LogP) is -1.17. The number of nitrogens with zero attached hydrogens (tertiary/aromatic N) is 2. The smallest absolute Gasteiger partial charge is 0.767 e. The molecule has 6 nitrogen and oxygen atoms in total. The van der Waals surface area contributed by atoms with E-state index in [1.165, 1.54) is 12.1 Å². The molecule has 1 aromatic rings. The van der Waals surface area contributed by atoms with Crippen LogP contribution in [0, 0.1) is 0 Å². The van der Waals surface area contributed by atoms with Crippen molar-refractivity contribution in [3.8, 4) is 5.88 Å². The second-order valence-corrected chi connectivity index (χ2v) is 7.10. The molecule has 1 aliphatic heterocycles. The van der Waals surface area contributed by atoms with Crippen molar-refractivity contribution in [1.29, 1.82) is 0 Å². The van der Waals surface area contributed by atoms with Crippen LogP contribution in [0.1, 0.15) is 40.5 Å². The summed E-state index contributed by atoms with van der Waals surface area (Å²) in [6.45, 7) is 8.11. The minimum atomic E-state index is -2.37. The quantitative estimate of drug-likeness (QED) is 0.515. The summed E-state index contributed by atoms with van der Waals surface area (Å²) in [6.07, 6.45) is 1.45. The van der Waals surface area contributed by atoms with E-state index in [2.05, 4.69) is 10.2 Å². The standard InChI is InChI=1S/C13H20N2O4S.Na/c1-12(2)7-9(8-13(3,4)19-12)18-10-5-6-11(15-14-10)20(16)17;/h5-6,9H,7-8H2,1-4H3,(H,16,17);/q;+1/p-1. The Morgan fingerprint density at radius 2 is 1.81 bits per heavy atom. The molecule has 0 bridgehead atoms. The third-order valence-electron chi connectivity index (χ3n) is 3.06. The van der Waals surface area contributed by atoms with Gasteiger partial charge < -0.3 is 14.0 Å². The van der Waals surface area contributed by atoms with Gasteiger partial charge in [-0.15, -0.1) is 10.2 Å². The second-order valence-electron chi connectivity index (χ2n) is 6.21. The van der Waals surface area contributed by atoms with Crippen LogP contribution in [0.5, 0.6) is 5.88 Å². The van der Waals surface area contributed by atoms with Crippen LogP contribution in [-0.4, -0.2) is 36.3 Å². The van der Waals surface area contributed by atoms with Gasteiger partial charge >= 0.3 is 29.6 Å². The molecule has 0 aliphatic carbocycles. The molecular weight excluding hydrogens is 303 g/mol. The molecule has 2 rings (SSSR count). The molecule has 0 spiro atoms. The van der Waals surface area contributed by atoms with Crippen molar-refractivity contribution >= 4 is 11.1 Å². The molecule has 8 heteroatoms. The van der Waals surface area contributed by atoms with Crippen molar-refractivity contribution in [3.05, 3.63) is 12.1 Å². The molecule has 0 radical (unpaired) electrons. The first-order chi connectivity index (χ1) is 9.17. The van der Waals surface area contributed by atoms with Gasteiger partial charge in [0.1, 0.15) is 11.1 Å². The zero-order valence-electron chi connectivity index (χ0n) is 13.1. The largest absolute Gasteiger partial charge is 1.00 e. The Kier molecular flexibility index (Phi) is 6.35. The van der Waals surface area contributed by atoms with E-state index in [0.717, 1.165) is 12.8 Å². The van der Waals surface area contributed by atoms with Crippen molar-refractivity contribution in [2.45, 2.75) is 62.9 Å². The van der Waals surface area contributed by atoms with Crippen LogP contribution in [0.2, 0.25) is 0 Å². The Balaban J connectivity index is 0.00000220. The van der Waals surface area contributed by atoms with Crippen molar-refractivity contribution < 1.29 is 47.8 Å². The zero-order chi connectivity index (χ0) is 15.0. The van der Waals surface area contributed by atoms with Crippen LogP contribution in [0.15, 0.2) is 17.2 Å². The van der Waals surface area contributed by atoms with Gasteiger partial charge in [0.15, 0.2) is 0 Å². The predicted molar refractivity (Wildman–Crippen MR) is 72.1 cm³/mol. The van der Waals surface area contributed by atoms with Gasteiger partial charge in [-0.2, -0.15) is 0 Å². The molecule has 1 aromatic heterocycles. The summed E-state index contributed by atoms with van der Waals surface area (Å²) < 4.78 is 33.2. The Hall–Kier alpha value is -0.0500. The molecule has 2 heterocycles. The van der Waals surface area contributed by atoms with E-state index in [1.807, 2.05) is 27.7 Å². The molecule has 0 aromatic carbocycles. The fourth-order valence-electron chi connectivity index (χ4n) is 2.71. The van der Waals surface area contributed by atoms with E-state index in [1.54, 1.807) is 0 Å². The minimum Gasteiger partial charge on any atom is -0.767 e. The molecule has 0 N–H and O–H groups in total. The molecule has 0 saturated carbocycles. The first-order valence-corrected chi connectivity index (χ1v) is 7.54. The Bertz CT molecular complexity index is 491. The summed E-state index contributed by atoms with van der Waals surface area (Å²) in [6, 6.07) is 2.90. The van der Waals surface area contributed by atoms with Crippen LogP contribution in [0.4, 0.5) is 0 Å². The Labute approximate surface area is 149 Å². The molecule has 112 valence electrons. The number of hydrogen-bond acceptors (Lipinski definition) is 6. The fourth-order valence-corrected chi connectivity index (χ4v) is 3.00. The summed E-state index contributed by atoms with van der Waals surface area (Å²) in [4.78, 5) is 0. The minimum absolute atomic E-state index is 0. The molecule has 1 unspecified atom stereocenters. The molecule has 21 heavy (non-hydrogen) atoms. The van der Waals surface area contributed by atoms with Crippen LogP contribution in [0.25, 0.3) is 0 Å². The summed E-state index contributed by atoms with van der Waals surface area (Å²) in [7, 11) is 0. The van der Waals surface area contributed by atoms with Gasteiger partial charge in [-0.3, -0.25) is 4.21 Å². The Morgan fingerprint density at radius 3 is 2.24 bits per heavy atom. The van der Waals surface area contributed by atoms with Gasteiger partial charge in [-0.25, -0.2) is 0 Å². The van der Waals surface area contributed by atoms with Gasteiger partial charge in [0.25, 0.3) is 0 Å². The van der Waals surface area contributed by atoms with Crippen molar-refractivity contribution in [2.24, 2.45) is 0 Å². The van der Waals surface area contributed by atoms with Crippen LogP contribution in [-0.2, 0) is 15.8 Å². The van der Waals surface area contributed by atoms with Crippen LogP contribution >= 0.6 is 0 Å². The maximum absolute atomic E-state index is 10.7. The number of rotatable bonds is 3. The first kappa shape index (κ1) is 19.0. The topological polar surface area (TPSA) is 84.4 Å². The summed E-state index contributed by atoms with van der Waals surface area (Å²) >= 11 is -2.37. The molecule has 1 atom stereocenters. The zero-order valence-corrected chi connectivity index (χ0v) is 15.9. The third-order valence-corrected chi connectivity index (χ3v) is 3.62. The van der Waals surface area contributed by atoms with Crippen molar-refractivity contribution in [3.63, 3.8) is 0 Å². The van der Waals surface area contributed by atoms with Gasteiger partial charge in [0.05, 0.1) is 11.2 Å². The van der Waals surface area contributed by atoms with E-state index in [0.29, 0.717) is 5.88 Å². The number of hydrogen-bond donors (Lipinski definition) is 0. The summed E-state index contributed by atoms with van der Waals surface area (Å²) in [5, 5.41) is 7.29. The van der Waals surface area contributed by atoms with Gasteiger partial charge in [0.2, 0.25) is 5.88 Å². The number of aromatic nitrogens is 2.